The molecule has 3 unspecified atom stereocenters. The second-order valence-electron chi connectivity index (χ2n) is 7.84. The lowest BCUT2D eigenvalue weighted by molar-refractivity contribution is -0.116. The molecular formula is C21H32N4O. The molecule has 1 amide bonds. The first-order chi connectivity index (χ1) is 12.7. The molecule has 1 fully saturated rings. The number of nitrogens with zero attached hydrogens (tertiary/aromatic N) is 1. The van der Waals surface area contributed by atoms with Gasteiger partial charge in [0.05, 0.1) is 0 Å². The average Bonchev–Trinajstić information content (AvgIpc) is 2.64. The second-order valence-corrected chi connectivity index (χ2v) is 7.84. The predicted octanol–water partition coefficient (Wildman–Crippen LogP) is 3.49. The van der Waals surface area contributed by atoms with E-state index in [9.17, 15) is 4.79 Å². The number of carbonyl (C=O) groups is 1. The first-order valence-electron chi connectivity index (χ1n) is 9.99. The van der Waals surface area contributed by atoms with Crippen LogP contribution < -0.4 is 16.0 Å². The molecule has 3 atom stereocenters. The number of carbonyl (C=O) groups excluding carboxylic acids is 1. The molecule has 3 rings (SSSR count). The number of guanidine groups is 1. The first kappa shape index (κ1) is 18.7. The predicted molar refractivity (Wildman–Crippen MR) is 108 cm³/mol. The third-order valence-corrected chi connectivity index (χ3v) is 5.74. The summed E-state index contributed by atoms with van der Waals surface area (Å²) in [6.07, 6.45) is 7.22. The molecule has 1 saturated carbocycles. The molecule has 3 N–H and O–H groups in total. The van der Waals surface area contributed by atoms with Gasteiger partial charge in [0, 0.05) is 38.2 Å². The van der Waals surface area contributed by atoms with Crippen molar-refractivity contribution >= 4 is 17.6 Å². The average molecular weight is 357 g/mol. The SMILES string of the molecule is CN=C(NCCC1CCCC(C)C1)NCC1CC(=O)Nc2ccccc21. The fourth-order valence-electron chi connectivity index (χ4n) is 4.34. The maximum absolute atomic E-state index is 11.9. The zero-order valence-electron chi connectivity index (χ0n) is 16.1. The molecule has 142 valence electrons. The van der Waals surface area contributed by atoms with Crippen molar-refractivity contribution in [3.05, 3.63) is 29.8 Å². The van der Waals surface area contributed by atoms with E-state index < -0.39 is 0 Å². The van der Waals surface area contributed by atoms with Crippen LogP contribution in [0.25, 0.3) is 0 Å². The fraction of sp³-hybridized carbons (Fsp3) is 0.619. The Balaban J connectivity index is 1.46. The molecule has 0 radical (unpaired) electrons. The maximum Gasteiger partial charge on any atom is 0.225 e. The minimum atomic E-state index is 0.0878. The van der Waals surface area contributed by atoms with Crippen LogP contribution in [0, 0.1) is 11.8 Å². The van der Waals surface area contributed by atoms with E-state index in [1.165, 1.54) is 37.7 Å². The van der Waals surface area contributed by atoms with E-state index >= 15 is 0 Å². The van der Waals surface area contributed by atoms with Crippen molar-refractivity contribution in [2.24, 2.45) is 16.8 Å². The van der Waals surface area contributed by atoms with Crippen molar-refractivity contribution in [1.82, 2.24) is 10.6 Å². The molecule has 0 aromatic heterocycles. The normalized spacial score (nSPS) is 26.0. The second kappa shape index (κ2) is 9.06. The molecule has 5 nitrogen and oxygen atoms in total. The molecular weight excluding hydrogens is 324 g/mol. The molecule has 1 aliphatic heterocycles. The van der Waals surface area contributed by atoms with Crippen LogP contribution in [0.15, 0.2) is 29.3 Å². The van der Waals surface area contributed by atoms with E-state index in [1.54, 1.807) is 7.05 Å². The quantitative estimate of drug-likeness (QED) is 0.559. The van der Waals surface area contributed by atoms with E-state index in [0.29, 0.717) is 13.0 Å². The number of aliphatic imine (C=N–C) groups is 1. The van der Waals surface area contributed by atoms with Gasteiger partial charge in [-0.15, -0.1) is 0 Å². The molecule has 1 aromatic carbocycles. The van der Waals surface area contributed by atoms with Crippen LogP contribution in [-0.4, -0.2) is 32.0 Å². The van der Waals surface area contributed by atoms with E-state index in [-0.39, 0.29) is 11.8 Å². The van der Waals surface area contributed by atoms with E-state index in [4.69, 9.17) is 0 Å². The minimum absolute atomic E-state index is 0.0878. The van der Waals surface area contributed by atoms with Gasteiger partial charge in [0.25, 0.3) is 0 Å². The van der Waals surface area contributed by atoms with Gasteiger partial charge >= 0.3 is 0 Å². The van der Waals surface area contributed by atoms with E-state index in [0.717, 1.165) is 30.0 Å². The van der Waals surface area contributed by atoms with Crippen LogP contribution in [0.3, 0.4) is 0 Å². The lowest BCUT2D eigenvalue weighted by Gasteiger charge is -2.27. The van der Waals surface area contributed by atoms with Gasteiger partial charge in [0.15, 0.2) is 5.96 Å². The van der Waals surface area contributed by atoms with Crippen LogP contribution in [-0.2, 0) is 4.79 Å². The molecule has 1 heterocycles. The van der Waals surface area contributed by atoms with Crippen molar-refractivity contribution in [1.29, 1.82) is 0 Å². The Bertz CT molecular complexity index is 643. The van der Waals surface area contributed by atoms with Crippen molar-refractivity contribution in [3.8, 4) is 0 Å². The zero-order valence-corrected chi connectivity index (χ0v) is 16.1. The lowest BCUT2D eigenvalue weighted by Crippen LogP contribution is -2.41. The Morgan fingerprint density at radius 1 is 1.27 bits per heavy atom. The van der Waals surface area contributed by atoms with Gasteiger partial charge < -0.3 is 16.0 Å². The van der Waals surface area contributed by atoms with Crippen LogP contribution in [0.2, 0.25) is 0 Å². The highest BCUT2D eigenvalue weighted by Gasteiger charge is 2.24. The summed E-state index contributed by atoms with van der Waals surface area (Å²) in [5.41, 5.74) is 2.14. The first-order valence-corrected chi connectivity index (χ1v) is 9.99. The summed E-state index contributed by atoms with van der Waals surface area (Å²) in [6.45, 7) is 4.04. The summed E-state index contributed by atoms with van der Waals surface area (Å²) in [5, 5.41) is 9.80. The third-order valence-electron chi connectivity index (χ3n) is 5.74. The largest absolute Gasteiger partial charge is 0.356 e. The Morgan fingerprint density at radius 3 is 2.92 bits per heavy atom. The number of nitrogens with one attached hydrogen (secondary N) is 3. The Hall–Kier alpha value is -2.04. The highest BCUT2D eigenvalue weighted by Crippen LogP contribution is 2.31. The summed E-state index contributed by atoms with van der Waals surface area (Å²) in [4.78, 5) is 16.3. The highest BCUT2D eigenvalue weighted by atomic mass is 16.1. The topological polar surface area (TPSA) is 65.5 Å². The van der Waals surface area contributed by atoms with Gasteiger partial charge in [-0.25, -0.2) is 0 Å². The number of para-hydroxylation sites is 1. The molecule has 1 aromatic rings. The third kappa shape index (κ3) is 4.99. The Morgan fingerprint density at radius 2 is 2.12 bits per heavy atom. The molecule has 2 aliphatic rings. The zero-order chi connectivity index (χ0) is 18.4. The Kier molecular flexibility index (Phi) is 6.53. The monoisotopic (exact) mass is 356 g/mol. The number of hydrogen-bond donors (Lipinski definition) is 3. The number of fused-ring (bicyclic) bond motifs is 1. The van der Waals surface area contributed by atoms with Gasteiger partial charge in [-0.1, -0.05) is 44.4 Å². The smallest absolute Gasteiger partial charge is 0.225 e. The standard InChI is InChI=1S/C21H32N4O/c1-15-6-5-7-16(12-15)10-11-23-21(22-2)24-14-17-13-20(26)25-19-9-4-3-8-18(17)19/h3-4,8-9,15-17H,5-7,10-14H2,1-2H3,(H,25,26)(H2,22,23,24). The van der Waals surface area contributed by atoms with Gasteiger partial charge in [-0.05, 0) is 36.3 Å². The lowest BCUT2D eigenvalue weighted by atomic mass is 9.81. The van der Waals surface area contributed by atoms with E-state index in [2.05, 4.69) is 33.9 Å². The molecule has 0 spiro atoms. The number of hydrogen-bond acceptors (Lipinski definition) is 2. The number of anilines is 1. The van der Waals surface area contributed by atoms with Gasteiger partial charge in [0.2, 0.25) is 5.91 Å². The fourth-order valence-corrected chi connectivity index (χ4v) is 4.34. The number of amides is 1. The minimum Gasteiger partial charge on any atom is -0.356 e. The van der Waals surface area contributed by atoms with Crippen molar-refractivity contribution in [2.45, 2.75) is 51.4 Å². The number of rotatable bonds is 5. The van der Waals surface area contributed by atoms with Crippen LogP contribution >= 0.6 is 0 Å². The molecule has 0 bridgehead atoms. The summed E-state index contributed by atoms with van der Waals surface area (Å²) >= 11 is 0. The van der Waals surface area contributed by atoms with Crippen molar-refractivity contribution < 1.29 is 4.79 Å². The van der Waals surface area contributed by atoms with Gasteiger partial charge in [-0.3, -0.25) is 9.79 Å². The van der Waals surface area contributed by atoms with Crippen LogP contribution in [0.5, 0.6) is 0 Å². The van der Waals surface area contributed by atoms with E-state index in [1.807, 2.05) is 18.2 Å². The van der Waals surface area contributed by atoms with Crippen molar-refractivity contribution in [2.75, 3.05) is 25.5 Å². The number of benzene rings is 1. The summed E-state index contributed by atoms with van der Waals surface area (Å²) in [7, 11) is 1.81. The van der Waals surface area contributed by atoms with Crippen LogP contribution in [0.4, 0.5) is 5.69 Å². The maximum atomic E-state index is 11.9. The van der Waals surface area contributed by atoms with Crippen LogP contribution in [0.1, 0.15) is 56.9 Å². The summed E-state index contributed by atoms with van der Waals surface area (Å²) in [6, 6.07) is 8.06. The molecule has 0 saturated heterocycles. The highest BCUT2D eigenvalue weighted by molar-refractivity contribution is 5.94. The molecule has 26 heavy (non-hydrogen) atoms. The van der Waals surface area contributed by atoms with Gasteiger partial charge in [0.1, 0.15) is 0 Å². The summed E-state index contributed by atoms with van der Waals surface area (Å²) < 4.78 is 0. The van der Waals surface area contributed by atoms with Gasteiger partial charge in [-0.2, -0.15) is 0 Å². The molecule has 1 aliphatic carbocycles. The van der Waals surface area contributed by atoms with Crippen molar-refractivity contribution in [3.63, 3.8) is 0 Å². The summed E-state index contributed by atoms with van der Waals surface area (Å²) in [5.74, 6) is 2.82. The molecule has 5 heteroatoms. The Labute approximate surface area is 157 Å².